The van der Waals surface area contributed by atoms with Crippen molar-refractivity contribution in [1.82, 2.24) is 19.7 Å². The monoisotopic (exact) mass is 382 g/mol. The number of aromatic nitrogens is 4. The summed E-state index contributed by atoms with van der Waals surface area (Å²) in [5, 5.41) is 8.60. The van der Waals surface area contributed by atoms with Gasteiger partial charge in [0.05, 0.1) is 28.7 Å². The fraction of sp³-hybridized carbons (Fsp3) is 0.278. The Balaban J connectivity index is 1.59. The first-order valence-corrected chi connectivity index (χ1v) is 9.49. The van der Waals surface area contributed by atoms with Crippen molar-refractivity contribution in [2.24, 2.45) is 7.05 Å². The summed E-state index contributed by atoms with van der Waals surface area (Å²) in [5.41, 5.74) is 2.10. The quantitative estimate of drug-likeness (QED) is 0.551. The molecule has 1 atom stereocenters. The maximum absolute atomic E-state index is 13.0. The molecule has 138 valence electrons. The smallest absolute Gasteiger partial charge is 0.237 e. The summed E-state index contributed by atoms with van der Waals surface area (Å²) >= 11 is 1.35. The van der Waals surface area contributed by atoms with E-state index in [1.165, 1.54) is 18.1 Å². The lowest BCUT2D eigenvalue weighted by Gasteiger charge is -2.27. The summed E-state index contributed by atoms with van der Waals surface area (Å²) in [4.78, 5) is 35.3. The molecular weight excluding hydrogens is 364 g/mol. The summed E-state index contributed by atoms with van der Waals surface area (Å²) in [6.45, 7) is 1.88. The molecule has 2 aromatic heterocycles. The number of carbonyl (C=O) groups is 2. The second-order valence-electron chi connectivity index (χ2n) is 6.36. The van der Waals surface area contributed by atoms with Crippen LogP contribution in [-0.4, -0.2) is 43.4 Å². The first-order valence-electron chi connectivity index (χ1n) is 8.51. The molecule has 3 heterocycles. The lowest BCUT2D eigenvalue weighted by atomic mass is 10.2. The topological polar surface area (TPSA) is 93.0 Å². The summed E-state index contributed by atoms with van der Waals surface area (Å²) in [6.07, 6.45) is 3.43. The van der Waals surface area contributed by atoms with Crippen molar-refractivity contribution < 1.29 is 9.59 Å². The van der Waals surface area contributed by atoms with Gasteiger partial charge in [-0.3, -0.25) is 14.3 Å². The highest BCUT2D eigenvalue weighted by Crippen LogP contribution is 2.32. The van der Waals surface area contributed by atoms with Crippen LogP contribution in [0.25, 0.3) is 11.0 Å². The number of aryl methyl sites for hydroxylation is 1. The molecule has 0 saturated carbocycles. The highest BCUT2D eigenvalue weighted by Gasteiger charge is 2.29. The largest absolute Gasteiger partial charge is 0.324 e. The number of nitrogens with zero attached hydrogens (tertiary/aromatic N) is 5. The van der Waals surface area contributed by atoms with Gasteiger partial charge in [0.25, 0.3) is 0 Å². The van der Waals surface area contributed by atoms with Gasteiger partial charge < -0.3 is 10.2 Å². The predicted molar refractivity (Wildman–Crippen MR) is 104 cm³/mol. The molecule has 2 amide bonds. The van der Waals surface area contributed by atoms with E-state index >= 15 is 0 Å². The fourth-order valence-corrected chi connectivity index (χ4v) is 4.04. The number of anilines is 2. The van der Waals surface area contributed by atoms with Gasteiger partial charge in [-0.15, -0.1) is 0 Å². The standard InChI is InChI=1S/C18H18N6O2S/c1-11-7-15(25)22-13-5-3-4-6-14(13)24(11)16(26)9-27-18-12-8-21-23(2)17(12)19-10-20-18/h3-6,8,10-11H,7,9H2,1-2H3,(H,22,25)/t11-/m0/s1. The van der Waals surface area contributed by atoms with E-state index in [-0.39, 0.29) is 30.0 Å². The molecule has 0 unspecified atom stereocenters. The first kappa shape index (κ1) is 17.5. The zero-order valence-electron chi connectivity index (χ0n) is 14.9. The maximum atomic E-state index is 13.0. The molecule has 4 rings (SSSR count). The molecule has 1 aliphatic rings. The average Bonchev–Trinajstić information content (AvgIpc) is 2.97. The third-order valence-corrected chi connectivity index (χ3v) is 5.44. The number of hydrogen-bond donors (Lipinski definition) is 1. The number of fused-ring (bicyclic) bond motifs is 2. The van der Waals surface area contributed by atoms with Crippen LogP contribution in [0.3, 0.4) is 0 Å². The third-order valence-electron chi connectivity index (χ3n) is 4.45. The van der Waals surface area contributed by atoms with Crippen molar-refractivity contribution in [3.05, 3.63) is 36.8 Å². The minimum absolute atomic E-state index is 0.0768. The number of thioether (sulfide) groups is 1. The maximum Gasteiger partial charge on any atom is 0.237 e. The normalized spacial score (nSPS) is 16.7. The van der Waals surface area contributed by atoms with Crippen molar-refractivity contribution in [1.29, 1.82) is 0 Å². The van der Waals surface area contributed by atoms with E-state index in [2.05, 4.69) is 20.4 Å². The Labute approximate surface area is 160 Å². The minimum Gasteiger partial charge on any atom is -0.324 e. The molecule has 0 radical (unpaired) electrons. The number of nitrogens with one attached hydrogen (secondary N) is 1. The van der Waals surface area contributed by atoms with Gasteiger partial charge in [-0.2, -0.15) is 5.10 Å². The Morgan fingerprint density at radius 1 is 1.33 bits per heavy atom. The number of rotatable bonds is 3. The Morgan fingerprint density at radius 3 is 3.00 bits per heavy atom. The molecular formula is C18H18N6O2S. The lowest BCUT2D eigenvalue weighted by molar-refractivity contribution is -0.117. The molecule has 3 aromatic rings. The molecule has 1 N–H and O–H groups in total. The van der Waals surface area contributed by atoms with Crippen molar-refractivity contribution in [2.75, 3.05) is 16.0 Å². The Bertz CT molecular complexity index is 1030. The molecule has 0 aliphatic carbocycles. The predicted octanol–water partition coefficient (Wildman–Crippen LogP) is 2.22. The first-order chi connectivity index (χ1) is 13.0. The number of hydrogen-bond acceptors (Lipinski definition) is 6. The van der Waals surface area contributed by atoms with E-state index in [0.29, 0.717) is 10.7 Å². The zero-order chi connectivity index (χ0) is 19.0. The summed E-state index contributed by atoms with van der Waals surface area (Å²) in [5.74, 6) is 0.0336. The molecule has 8 nitrogen and oxygen atoms in total. The van der Waals surface area contributed by atoms with E-state index < -0.39 is 0 Å². The summed E-state index contributed by atoms with van der Waals surface area (Å²) in [6, 6.07) is 7.13. The van der Waals surface area contributed by atoms with Crippen molar-refractivity contribution in [3.8, 4) is 0 Å². The van der Waals surface area contributed by atoms with Gasteiger partial charge in [-0.25, -0.2) is 9.97 Å². The third kappa shape index (κ3) is 3.25. The highest BCUT2D eigenvalue weighted by atomic mass is 32.2. The van der Waals surface area contributed by atoms with Gasteiger partial charge in [-0.1, -0.05) is 23.9 Å². The molecule has 9 heteroatoms. The van der Waals surface area contributed by atoms with Gasteiger partial charge in [0.15, 0.2) is 5.65 Å². The van der Waals surface area contributed by atoms with Crippen LogP contribution >= 0.6 is 11.8 Å². The SMILES string of the molecule is C[C@H]1CC(=O)Nc2ccccc2N1C(=O)CSc1ncnc2c1cnn2C. The van der Waals surface area contributed by atoms with Crippen LogP contribution < -0.4 is 10.2 Å². The average molecular weight is 382 g/mol. The molecule has 0 bridgehead atoms. The molecule has 27 heavy (non-hydrogen) atoms. The zero-order valence-corrected chi connectivity index (χ0v) is 15.7. The lowest BCUT2D eigenvalue weighted by Crippen LogP contribution is -2.40. The van der Waals surface area contributed by atoms with Crippen LogP contribution in [0, 0.1) is 0 Å². The van der Waals surface area contributed by atoms with E-state index in [1.54, 1.807) is 15.8 Å². The van der Waals surface area contributed by atoms with Gasteiger partial charge in [0.2, 0.25) is 11.8 Å². The fourth-order valence-electron chi connectivity index (χ4n) is 3.22. The van der Waals surface area contributed by atoms with Gasteiger partial charge in [0, 0.05) is 19.5 Å². The Morgan fingerprint density at radius 2 is 2.15 bits per heavy atom. The van der Waals surface area contributed by atoms with Crippen LogP contribution in [0.15, 0.2) is 41.8 Å². The molecule has 1 aliphatic heterocycles. The van der Waals surface area contributed by atoms with Crippen LogP contribution in [0.2, 0.25) is 0 Å². The Kier molecular flexibility index (Phi) is 4.53. The van der Waals surface area contributed by atoms with E-state index in [0.717, 1.165) is 16.7 Å². The summed E-state index contributed by atoms with van der Waals surface area (Å²) < 4.78 is 1.67. The van der Waals surface area contributed by atoms with E-state index in [4.69, 9.17) is 0 Å². The minimum atomic E-state index is -0.231. The number of para-hydroxylation sites is 2. The molecule has 1 aromatic carbocycles. The van der Waals surface area contributed by atoms with Crippen LogP contribution in [0.5, 0.6) is 0 Å². The van der Waals surface area contributed by atoms with Crippen LogP contribution in [-0.2, 0) is 16.6 Å². The van der Waals surface area contributed by atoms with Crippen LogP contribution in [0.4, 0.5) is 11.4 Å². The van der Waals surface area contributed by atoms with Crippen molar-refractivity contribution in [2.45, 2.75) is 24.4 Å². The summed E-state index contributed by atoms with van der Waals surface area (Å²) in [7, 11) is 1.81. The Hall–Kier alpha value is -2.94. The van der Waals surface area contributed by atoms with Crippen molar-refractivity contribution in [3.63, 3.8) is 0 Å². The second-order valence-corrected chi connectivity index (χ2v) is 7.32. The second kappa shape index (κ2) is 6.99. The van der Waals surface area contributed by atoms with E-state index in [1.807, 2.05) is 38.2 Å². The van der Waals surface area contributed by atoms with E-state index in [9.17, 15) is 9.59 Å². The number of benzene rings is 1. The van der Waals surface area contributed by atoms with Crippen molar-refractivity contribution >= 4 is 46.0 Å². The molecule has 0 fully saturated rings. The highest BCUT2D eigenvalue weighted by molar-refractivity contribution is 8.00. The molecule has 0 spiro atoms. The van der Waals surface area contributed by atoms with Crippen LogP contribution in [0.1, 0.15) is 13.3 Å². The van der Waals surface area contributed by atoms with Gasteiger partial charge in [-0.05, 0) is 19.1 Å². The molecule has 0 saturated heterocycles. The van der Waals surface area contributed by atoms with Gasteiger partial charge >= 0.3 is 0 Å². The number of amides is 2. The number of carbonyl (C=O) groups excluding carboxylic acids is 2. The van der Waals surface area contributed by atoms with Gasteiger partial charge in [0.1, 0.15) is 11.4 Å².